The zero-order chi connectivity index (χ0) is 29.6. The topological polar surface area (TPSA) is 149 Å². The molecule has 3 amide bonds. The van der Waals surface area contributed by atoms with E-state index in [0.717, 1.165) is 5.56 Å². The fraction of sp³-hybridized carbons (Fsp3) is 0.333. The van der Waals surface area contributed by atoms with Crippen LogP contribution in [0.4, 0.5) is 15.1 Å². The largest absolute Gasteiger partial charge is 0.447 e. The maximum Gasteiger partial charge on any atom is 0.414 e. The molecule has 12 nitrogen and oxygen atoms in total. The first-order valence-corrected chi connectivity index (χ1v) is 13.2. The predicted molar refractivity (Wildman–Crippen MR) is 149 cm³/mol. The molecule has 0 aliphatic carbocycles. The summed E-state index contributed by atoms with van der Waals surface area (Å²) in [5.74, 6) is -0.909. The molecule has 2 aromatic carbocycles. The van der Waals surface area contributed by atoms with Crippen molar-refractivity contribution in [2.75, 3.05) is 31.6 Å². The molecule has 0 fully saturated rings. The maximum atomic E-state index is 13.9. The number of carbonyl (C=O) groups is 3. The molecule has 4 N–H and O–H groups in total. The van der Waals surface area contributed by atoms with Gasteiger partial charge >= 0.3 is 6.09 Å². The van der Waals surface area contributed by atoms with Gasteiger partial charge in [0.15, 0.2) is 0 Å². The molecule has 0 aliphatic rings. The summed E-state index contributed by atoms with van der Waals surface area (Å²) in [6.45, 7) is 1.42. The van der Waals surface area contributed by atoms with E-state index < -0.39 is 18.0 Å². The standard InChI is InChI=1S/C27H32ClFN6O6/c1-19(38)35(31-16-21-9-5-11-23(29)26(21)28)22(10-6-13-34(18-37)30-12-14-36)17-40-27(39)32-25-15-24(33-41-25)20-7-3-2-4-8-20/h2-5,7-9,11,15,18,22,30-31,36H,6,10,12-14,16-17H2,1H3,(H,32,39)/t22-/m0/s1. The number of aliphatic hydroxyl groups is 1. The number of nitrogens with zero attached hydrogens (tertiary/aromatic N) is 3. The zero-order valence-corrected chi connectivity index (χ0v) is 23.1. The van der Waals surface area contributed by atoms with Crippen LogP contribution in [0.3, 0.4) is 0 Å². The van der Waals surface area contributed by atoms with Crippen molar-refractivity contribution in [3.63, 3.8) is 0 Å². The van der Waals surface area contributed by atoms with Crippen LogP contribution in [0, 0.1) is 5.82 Å². The Morgan fingerprint density at radius 2 is 1.98 bits per heavy atom. The minimum Gasteiger partial charge on any atom is -0.447 e. The van der Waals surface area contributed by atoms with Crippen molar-refractivity contribution in [2.24, 2.45) is 0 Å². The second kappa shape index (κ2) is 16.3. The smallest absolute Gasteiger partial charge is 0.414 e. The minimum atomic E-state index is -0.832. The first kappa shape index (κ1) is 31.5. The van der Waals surface area contributed by atoms with Gasteiger partial charge in [0.1, 0.15) is 18.1 Å². The van der Waals surface area contributed by atoms with Gasteiger partial charge < -0.3 is 14.4 Å². The van der Waals surface area contributed by atoms with Gasteiger partial charge in [0.2, 0.25) is 18.2 Å². The number of aliphatic hydroxyl groups excluding tert-OH is 1. The summed E-state index contributed by atoms with van der Waals surface area (Å²) >= 11 is 6.06. The zero-order valence-electron chi connectivity index (χ0n) is 22.4. The minimum absolute atomic E-state index is 0.0255. The van der Waals surface area contributed by atoms with Crippen LogP contribution in [0.1, 0.15) is 25.3 Å². The number of rotatable bonds is 16. The SMILES string of the molecule is CC(=O)N(NCc1cccc(F)c1Cl)[C@@H](CCCN(C=O)NCCO)COC(=O)Nc1cc(-c2ccccc2)no1. The van der Waals surface area contributed by atoms with Crippen LogP contribution < -0.4 is 16.2 Å². The average Bonchev–Trinajstić information content (AvgIpc) is 3.44. The van der Waals surface area contributed by atoms with Gasteiger partial charge in [0.05, 0.1) is 17.7 Å². The summed E-state index contributed by atoms with van der Waals surface area (Å²) < 4.78 is 24.5. The molecular weight excluding hydrogens is 559 g/mol. The van der Waals surface area contributed by atoms with Crippen molar-refractivity contribution < 1.29 is 33.1 Å². The van der Waals surface area contributed by atoms with E-state index >= 15 is 0 Å². The Hall–Kier alpha value is -4.04. The van der Waals surface area contributed by atoms with Crippen molar-refractivity contribution in [2.45, 2.75) is 32.4 Å². The van der Waals surface area contributed by atoms with E-state index in [-0.39, 0.29) is 49.7 Å². The van der Waals surface area contributed by atoms with Crippen molar-refractivity contribution in [3.05, 3.63) is 71.0 Å². The average molecular weight is 591 g/mol. The van der Waals surface area contributed by atoms with E-state index in [1.165, 1.54) is 29.1 Å². The normalized spacial score (nSPS) is 11.5. The van der Waals surface area contributed by atoms with E-state index in [1.807, 2.05) is 30.3 Å². The molecule has 41 heavy (non-hydrogen) atoms. The van der Waals surface area contributed by atoms with Gasteiger partial charge in [-0.15, -0.1) is 0 Å². The van der Waals surface area contributed by atoms with Crippen LogP contribution in [0.15, 0.2) is 59.1 Å². The fourth-order valence-electron chi connectivity index (χ4n) is 3.89. The van der Waals surface area contributed by atoms with Crippen LogP contribution in [0.5, 0.6) is 0 Å². The number of nitrogens with one attached hydrogen (secondary N) is 3. The molecule has 0 saturated heterocycles. The van der Waals surface area contributed by atoms with E-state index in [0.29, 0.717) is 30.5 Å². The second-order valence-corrected chi connectivity index (χ2v) is 9.21. The molecule has 0 unspecified atom stereocenters. The molecule has 1 aromatic heterocycles. The highest BCUT2D eigenvalue weighted by molar-refractivity contribution is 6.31. The highest BCUT2D eigenvalue weighted by atomic mass is 35.5. The van der Waals surface area contributed by atoms with Gasteiger partial charge in [0.25, 0.3) is 0 Å². The highest BCUT2D eigenvalue weighted by Gasteiger charge is 2.24. The van der Waals surface area contributed by atoms with Crippen LogP contribution in [-0.4, -0.2) is 71.0 Å². The number of hydrogen-bond donors (Lipinski definition) is 4. The number of hydrogen-bond acceptors (Lipinski definition) is 9. The van der Waals surface area contributed by atoms with Gasteiger partial charge in [-0.05, 0) is 24.5 Å². The van der Waals surface area contributed by atoms with Gasteiger partial charge in [-0.2, -0.15) is 0 Å². The van der Waals surface area contributed by atoms with E-state index in [1.54, 1.807) is 12.1 Å². The molecule has 3 rings (SSSR count). The Bertz CT molecular complexity index is 1280. The lowest BCUT2D eigenvalue weighted by molar-refractivity contribution is -0.136. The Morgan fingerprint density at radius 3 is 2.68 bits per heavy atom. The fourth-order valence-corrected chi connectivity index (χ4v) is 4.08. The van der Waals surface area contributed by atoms with Gasteiger partial charge in [-0.25, -0.2) is 20.0 Å². The number of carbonyl (C=O) groups excluding carboxylic acids is 3. The Morgan fingerprint density at radius 1 is 1.20 bits per heavy atom. The van der Waals surface area contributed by atoms with E-state index in [2.05, 4.69) is 21.3 Å². The molecule has 0 aliphatic heterocycles. The number of anilines is 1. The van der Waals surface area contributed by atoms with Crippen molar-refractivity contribution in [1.29, 1.82) is 0 Å². The number of amides is 3. The number of aromatic nitrogens is 1. The monoisotopic (exact) mass is 590 g/mol. The first-order chi connectivity index (χ1) is 19.8. The molecule has 14 heteroatoms. The predicted octanol–water partition coefficient (Wildman–Crippen LogP) is 3.34. The van der Waals surface area contributed by atoms with Crippen molar-refractivity contribution >= 4 is 35.9 Å². The third kappa shape index (κ3) is 9.83. The molecule has 0 bridgehead atoms. The lowest BCUT2D eigenvalue weighted by Gasteiger charge is -2.31. The lowest BCUT2D eigenvalue weighted by atomic mass is 10.1. The molecule has 0 radical (unpaired) electrons. The second-order valence-electron chi connectivity index (χ2n) is 8.83. The summed E-state index contributed by atoms with van der Waals surface area (Å²) in [6.07, 6.45) is 0.466. The number of hydrazine groups is 2. The van der Waals surface area contributed by atoms with Gasteiger partial charge in [-0.1, -0.05) is 59.2 Å². The summed E-state index contributed by atoms with van der Waals surface area (Å²) in [5, 5.41) is 17.9. The van der Waals surface area contributed by atoms with Crippen LogP contribution in [-0.2, 0) is 20.9 Å². The maximum absolute atomic E-state index is 13.9. The Labute approximate surface area is 241 Å². The van der Waals surface area contributed by atoms with Crippen LogP contribution in [0.25, 0.3) is 11.3 Å². The molecule has 1 heterocycles. The molecule has 220 valence electrons. The summed E-state index contributed by atoms with van der Waals surface area (Å²) in [4.78, 5) is 36.5. The highest BCUT2D eigenvalue weighted by Crippen LogP contribution is 2.22. The first-order valence-electron chi connectivity index (χ1n) is 12.8. The molecule has 0 saturated carbocycles. The molecule has 1 atom stereocenters. The third-order valence-electron chi connectivity index (χ3n) is 5.88. The number of halogens is 2. The van der Waals surface area contributed by atoms with Gasteiger partial charge in [0, 0.05) is 38.2 Å². The molecule has 0 spiro atoms. The van der Waals surface area contributed by atoms with Crippen LogP contribution in [0.2, 0.25) is 5.02 Å². The lowest BCUT2D eigenvalue weighted by Crippen LogP contribution is -2.51. The van der Waals surface area contributed by atoms with Gasteiger partial charge in [-0.3, -0.25) is 24.9 Å². The van der Waals surface area contributed by atoms with Crippen molar-refractivity contribution in [3.8, 4) is 11.3 Å². The Balaban J connectivity index is 1.66. The quantitative estimate of drug-likeness (QED) is 0.145. The summed E-state index contributed by atoms with van der Waals surface area (Å²) in [6, 6.07) is 14.5. The number of benzene rings is 2. The molecular formula is C27H32ClFN6O6. The third-order valence-corrected chi connectivity index (χ3v) is 6.30. The number of ether oxygens (including phenoxy) is 1. The van der Waals surface area contributed by atoms with E-state index in [4.69, 9.17) is 26.0 Å². The summed E-state index contributed by atoms with van der Waals surface area (Å²) in [5.41, 5.74) is 7.45. The van der Waals surface area contributed by atoms with Crippen molar-refractivity contribution in [1.82, 2.24) is 26.0 Å². The van der Waals surface area contributed by atoms with E-state index in [9.17, 15) is 18.8 Å². The van der Waals surface area contributed by atoms with Crippen LogP contribution >= 0.6 is 11.6 Å². The molecule has 3 aromatic rings. The summed E-state index contributed by atoms with van der Waals surface area (Å²) in [7, 11) is 0. The Kier molecular flexibility index (Phi) is 12.5.